The van der Waals surface area contributed by atoms with Crippen LogP contribution in [0.5, 0.6) is 5.75 Å². The van der Waals surface area contributed by atoms with Gasteiger partial charge in [-0.1, -0.05) is 30.3 Å². The molecule has 8 nitrogen and oxygen atoms in total. The van der Waals surface area contributed by atoms with Crippen molar-refractivity contribution in [1.82, 2.24) is 15.0 Å². The highest BCUT2D eigenvalue weighted by atomic mass is 32.1. The van der Waals surface area contributed by atoms with E-state index in [0.717, 1.165) is 16.9 Å². The molecule has 4 aromatic rings. The van der Waals surface area contributed by atoms with E-state index >= 15 is 0 Å². The van der Waals surface area contributed by atoms with Crippen molar-refractivity contribution in [1.29, 1.82) is 0 Å². The number of H-pyrrole nitrogens is 3. The fraction of sp³-hybridized carbons (Fsp3) is 0.105. The van der Waals surface area contributed by atoms with E-state index < -0.39 is 17.2 Å². The van der Waals surface area contributed by atoms with Gasteiger partial charge in [0.25, 0.3) is 5.56 Å². The monoisotopic (exact) mass is 397 g/mol. The van der Waals surface area contributed by atoms with Crippen LogP contribution in [-0.2, 0) is 4.74 Å². The zero-order valence-corrected chi connectivity index (χ0v) is 15.7. The predicted molar refractivity (Wildman–Crippen MR) is 106 cm³/mol. The van der Waals surface area contributed by atoms with E-state index in [4.69, 9.17) is 4.74 Å². The van der Waals surface area contributed by atoms with Crippen molar-refractivity contribution in [2.75, 3.05) is 7.11 Å². The molecule has 4 rings (SSSR count). The zero-order valence-electron chi connectivity index (χ0n) is 14.9. The Balaban J connectivity index is 2.14. The normalized spacial score (nSPS) is 11.1. The molecule has 3 heterocycles. The standard InChI is InChI=1S/C19H15N3O5S/c1-8-10(18(25)27-2)14(23)15(28-8)11-12-16(21-19(26)22-17(12)24)20-13(11)9-6-4-3-5-7-9/h3-7,23H,1-2H3,(H3,20,21,22,24,26). The average Bonchev–Trinajstić information content (AvgIpc) is 3.19. The van der Waals surface area contributed by atoms with E-state index in [9.17, 15) is 19.5 Å². The lowest BCUT2D eigenvalue weighted by molar-refractivity contribution is 0.0597. The summed E-state index contributed by atoms with van der Waals surface area (Å²) in [4.78, 5) is 45.1. The van der Waals surface area contributed by atoms with Crippen LogP contribution < -0.4 is 11.2 Å². The second kappa shape index (κ2) is 6.54. The molecule has 0 amide bonds. The van der Waals surface area contributed by atoms with Gasteiger partial charge in [-0.2, -0.15) is 0 Å². The summed E-state index contributed by atoms with van der Waals surface area (Å²) in [7, 11) is 1.23. The third-order valence-electron chi connectivity index (χ3n) is 4.43. The number of aromatic nitrogens is 3. The molecule has 0 saturated carbocycles. The molecule has 0 bridgehead atoms. The maximum Gasteiger partial charge on any atom is 0.342 e. The molecule has 0 aliphatic carbocycles. The number of ether oxygens (including phenoxy) is 1. The number of aryl methyl sites for hydroxylation is 1. The van der Waals surface area contributed by atoms with Crippen molar-refractivity contribution < 1.29 is 14.6 Å². The molecule has 0 atom stereocenters. The van der Waals surface area contributed by atoms with Gasteiger partial charge in [-0.15, -0.1) is 11.3 Å². The molecular formula is C19H15N3O5S. The molecule has 0 unspecified atom stereocenters. The predicted octanol–water partition coefficient (Wildman–Crippen LogP) is 2.74. The van der Waals surface area contributed by atoms with Crippen molar-refractivity contribution in [3.63, 3.8) is 0 Å². The lowest BCUT2D eigenvalue weighted by Crippen LogP contribution is -2.21. The average molecular weight is 397 g/mol. The molecule has 0 aliphatic heterocycles. The zero-order chi connectivity index (χ0) is 20.0. The summed E-state index contributed by atoms with van der Waals surface area (Å²) in [5.41, 5.74) is 0.725. The van der Waals surface area contributed by atoms with E-state index in [2.05, 4.69) is 15.0 Å². The van der Waals surface area contributed by atoms with Gasteiger partial charge < -0.3 is 14.8 Å². The number of carbonyl (C=O) groups is 1. The number of benzene rings is 1. The van der Waals surface area contributed by atoms with Gasteiger partial charge in [0.15, 0.2) is 0 Å². The second-order valence-corrected chi connectivity index (χ2v) is 7.33. The van der Waals surface area contributed by atoms with Crippen LogP contribution in [0.2, 0.25) is 0 Å². The highest BCUT2D eigenvalue weighted by molar-refractivity contribution is 7.16. The molecule has 0 fully saturated rings. The third kappa shape index (κ3) is 2.64. The maximum absolute atomic E-state index is 12.6. The number of esters is 1. The molecule has 0 radical (unpaired) electrons. The first-order valence-electron chi connectivity index (χ1n) is 8.27. The van der Waals surface area contributed by atoms with Gasteiger partial charge >= 0.3 is 11.7 Å². The van der Waals surface area contributed by atoms with Crippen molar-refractivity contribution in [3.8, 4) is 27.4 Å². The lowest BCUT2D eigenvalue weighted by atomic mass is 10.0. The minimum Gasteiger partial charge on any atom is -0.505 e. The van der Waals surface area contributed by atoms with Gasteiger partial charge in [0.2, 0.25) is 0 Å². The Labute approximate surface area is 161 Å². The van der Waals surface area contributed by atoms with Gasteiger partial charge in [-0.3, -0.25) is 14.8 Å². The summed E-state index contributed by atoms with van der Waals surface area (Å²) in [5.74, 6) is -0.932. The SMILES string of the molecule is COC(=O)c1c(C)sc(-c2c(-c3ccccc3)[nH]c3[nH]c(=O)[nH]c(=O)c23)c1O. The van der Waals surface area contributed by atoms with E-state index in [1.807, 2.05) is 30.3 Å². The summed E-state index contributed by atoms with van der Waals surface area (Å²) in [6.07, 6.45) is 0. The number of methoxy groups -OCH3 is 1. The summed E-state index contributed by atoms with van der Waals surface area (Å²) >= 11 is 1.16. The number of aromatic hydroxyl groups is 1. The van der Waals surface area contributed by atoms with Crippen molar-refractivity contribution in [3.05, 3.63) is 61.6 Å². The summed E-state index contributed by atoms with van der Waals surface area (Å²) in [6.45, 7) is 1.68. The molecule has 0 aliphatic rings. The highest BCUT2D eigenvalue weighted by Gasteiger charge is 2.28. The fourth-order valence-corrected chi connectivity index (χ4v) is 4.32. The van der Waals surface area contributed by atoms with Crippen LogP contribution >= 0.6 is 11.3 Å². The molecule has 4 N–H and O–H groups in total. The van der Waals surface area contributed by atoms with Gasteiger partial charge in [0, 0.05) is 10.4 Å². The fourth-order valence-electron chi connectivity index (χ4n) is 3.22. The minimum atomic E-state index is -0.666. The van der Waals surface area contributed by atoms with Gasteiger partial charge in [0.05, 0.1) is 23.1 Å². The summed E-state index contributed by atoms with van der Waals surface area (Å²) in [6, 6.07) is 9.18. The van der Waals surface area contributed by atoms with Gasteiger partial charge in [0.1, 0.15) is 17.0 Å². The second-order valence-electron chi connectivity index (χ2n) is 6.10. The number of thiophene rings is 1. The van der Waals surface area contributed by atoms with Crippen molar-refractivity contribution in [2.45, 2.75) is 6.92 Å². The Morgan fingerprint density at radius 2 is 1.82 bits per heavy atom. The molecule has 9 heteroatoms. The van der Waals surface area contributed by atoms with Crippen LogP contribution in [0, 0.1) is 6.92 Å². The van der Waals surface area contributed by atoms with Crippen molar-refractivity contribution in [2.24, 2.45) is 0 Å². The Morgan fingerprint density at radius 3 is 2.50 bits per heavy atom. The Bertz CT molecular complexity index is 1330. The topological polar surface area (TPSA) is 128 Å². The smallest absolute Gasteiger partial charge is 0.342 e. The van der Waals surface area contributed by atoms with Crippen LogP contribution in [0.4, 0.5) is 0 Å². The molecule has 142 valence electrons. The number of hydrogen-bond acceptors (Lipinski definition) is 6. The third-order valence-corrected chi connectivity index (χ3v) is 5.54. The summed E-state index contributed by atoms with van der Waals surface area (Å²) in [5, 5.41) is 11.0. The first kappa shape index (κ1) is 17.8. The van der Waals surface area contributed by atoms with Crippen LogP contribution in [0.15, 0.2) is 39.9 Å². The molecule has 0 spiro atoms. The van der Waals surface area contributed by atoms with E-state index in [0.29, 0.717) is 21.0 Å². The largest absolute Gasteiger partial charge is 0.505 e. The quantitative estimate of drug-likeness (QED) is 0.395. The van der Waals surface area contributed by atoms with Crippen LogP contribution in [0.25, 0.3) is 32.7 Å². The molecule has 0 saturated heterocycles. The molecule has 1 aromatic carbocycles. The Kier molecular flexibility index (Phi) is 4.16. The van der Waals surface area contributed by atoms with E-state index in [1.165, 1.54) is 7.11 Å². The van der Waals surface area contributed by atoms with Gasteiger partial charge in [-0.25, -0.2) is 9.59 Å². The number of hydrogen-bond donors (Lipinski definition) is 4. The highest BCUT2D eigenvalue weighted by Crippen LogP contribution is 2.47. The minimum absolute atomic E-state index is 0.0525. The van der Waals surface area contributed by atoms with Crippen LogP contribution in [0.1, 0.15) is 15.2 Å². The van der Waals surface area contributed by atoms with Gasteiger partial charge in [-0.05, 0) is 12.5 Å². The lowest BCUT2D eigenvalue weighted by Gasteiger charge is -2.04. The number of fused-ring (bicyclic) bond motifs is 1. The van der Waals surface area contributed by atoms with Crippen molar-refractivity contribution >= 4 is 28.3 Å². The number of carbonyl (C=O) groups excluding carboxylic acids is 1. The number of rotatable bonds is 3. The van der Waals surface area contributed by atoms with Crippen LogP contribution in [0.3, 0.4) is 0 Å². The summed E-state index contributed by atoms with van der Waals surface area (Å²) < 4.78 is 4.75. The molecule has 3 aromatic heterocycles. The Hall–Kier alpha value is -3.59. The van der Waals surface area contributed by atoms with Crippen LogP contribution in [-0.4, -0.2) is 33.1 Å². The number of nitrogens with one attached hydrogen (secondary N) is 3. The molecule has 28 heavy (non-hydrogen) atoms. The van der Waals surface area contributed by atoms with E-state index in [-0.39, 0.29) is 22.3 Å². The first-order chi connectivity index (χ1) is 13.4. The molecular weight excluding hydrogens is 382 g/mol. The number of aromatic amines is 3. The maximum atomic E-state index is 12.6. The van der Waals surface area contributed by atoms with E-state index in [1.54, 1.807) is 6.92 Å². The Morgan fingerprint density at radius 1 is 1.11 bits per heavy atom. The first-order valence-corrected chi connectivity index (χ1v) is 9.08.